The molecule has 2 aliphatic rings. The van der Waals surface area contributed by atoms with Crippen LogP contribution in [0.25, 0.3) is 10.9 Å². The minimum absolute atomic E-state index is 0.547. The third-order valence-corrected chi connectivity index (χ3v) is 7.02. The number of likely N-dealkylation sites (tertiary alicyclic amines) is 1. The van der Waals surface area contributed by atoms with Gasteiger partial charge in [0.15, 0.2) is 5.79 Å². The second kappa shape index (κ2) is 10.3. The Hall–Kier alpha value is -3.25. The maximum absolute atomic E-state index is 5.25. The highest BCUT2D eigenvalue weighted by Gasteiger charge is 2.33. The van der Waals surface area contributed by atoms with Crippen LogP contribution in [0.4, 0.5) is 0 Å². The zero-order valence-electron chi connectivity index (χ0n) is 20.1. The average Bonchev–Trinajstić information content (AvgIpc) is 3.32. The lowest BCUT2D eigenvalue weighted by atomic mass is 10.0. The van der Waals surface area contributed by atoms with Crippen LogP contribution >= 0.6 is 0 Å². The third-order valence-electron chi connectivity index (χ3n) is 7.02. The van der Waals surface area contributed by atoms with E-state index in [1.54, 1.807) is 0 Å². The van der Waals surface area contributed by atoms with Crippen LogP contribution in [0.5, 0.6) is 0 Å². The third kappa shape index (κ3) is 5.12. The standard InChI is InChI=1S/C28H36N6/c1-29-28(16-14-23-21-31-25-13-7-6-12-24(23)25)32-26(30-17-15-22-10-4-2-5-11-22)20-27(33-28)34-18-8-3-9-19-34/h2,4-7,10-13,20-21,29-32H,3,8-9,14-19H2,1H3. The van der Waals surface area contributed by atoms with Gasteiger partial charge < -0.3 is 20.5 Å². The highest BCUT2D eigenvalue weighted by atomic mass is 15.4. The highest BCUT2D eigenvalue weighted by Crippen LogP contribution is 2.24. The highest BCUT2D eigenvalue weighted by molar-refractivity contribution is 5.94. The summed E-state index contributed by atoms with van der Waals surface area (Å²) < 4.78 is 0. The van der Waals surface area contributed by atoms with Crippen molar-refractivity contribution in [2.45, 2.75) is 44.3 Å². The predicted molar refractivity (Wildman–Crippen MR) is 141 cm³/mol. The Morgan fingerprint density at radius 3 is 2.59 bits per heavy atom. The summed E-state index contributed by atoms with van der Waals surface area (Å²) in [5, 5.41) is 12.2. The molecule has 0 aliphatic carbocycles. The molecule has 1 saturated heterocycles. The van der Waals surface area contributed by atoms with E-state index in [1.807, 2.05) is 7.05 Å². The lowest BCUT2D eigenvalue weighted by Crippen LogP contribution is -2.59. The average molecular weight is 457 g/mol. The molecule has 0 spiro atoms. The summed E-state index contributed by atoms with van der Waals surface area (Å²) in [6.07, 6.45) is 10.9. The Morgan fingerprint density at radius 1 is 0.971 bits per heavy atom. The fraction of sp³-hybridized carbons (Fsp3) is 0.393. The van der Waals surface area contributed by atoms with E-state index < -0.39 is 5.79 Å². The van der Waals surface area contributed by atoms with Crippen LogP contribution in [-0.2, 0) is 12.8 Å². The number of H-pyrrole nitrogens is 1. The van der Waals surface area contributed by atoms with Crippen LogP contribution in [0.1, 0.15) is 36.8 Å². The minimum Gasteiger partial charge on any atom is -0.371 e. The summed E-state index contributed by atoms with van der Waals surface area (Å²) in [6, 6.07) is 19.2. The molecule has 1 fully saturated rings. The summed E-state index contributed by atoms with van der Waals surface area (Å²) in [5.41, 5.74) is 3.86. The van der Waals surface area contributed by atoms with E-state index in [-0.39, 0.29) is 0 Å². The van der Waals surface area contributed by atoms with Crippen molar-refractivity contribution in [1.29, 1.82) is 0 Å². The molecule has 34 heavy (non-hydrogen) atoms. The summed E-state index contributed by atoms with van der Waals surface area (Å²) in [6.45, 7) is 3.03. The van der Waals surface area contributed by atoms with Gasteiger partial charge in [0, 0.05) is 49.2 Å². The molecule has 4 N–H and O–H groups in total. The van der Waals surface area contributed by atoms with Crippen molar-refractivity contribution in [1.82, 2.24) is 25.8 Å². The number of benzene rings is 2. The number of para-hydroxylation sites is 1. The second-order valence-electron chi connectivity index (χ2n) is 9.33. The maximum Gasteiger partial charge on any atom is 0.188 e. The van der Waals surface area contributed by atoms with Crippen molar-refractivity contribution in [2.75, 3.05) is 26.7 Å². The molecule has 6 heteroatoms. The SMILES string of the molecule is CNC1(CCc2c[nH]c3ccccc23)N=C(N2CCCCC2)C=C(NCCc2ccccc2)N1. The normalized spacial score (nSPS) is 20.6. The summed E-state index contributed by atoms with van der Waals surface area (Å²) in [4.78, 5) is 11.1. The number of nitrogens with zero attached hydrogens (tertiary/aromatic N) is 2. The van der Waals surface area contributed by atoms with Crippen LogP contribution in [-0.4, -0.2) is 48.2 Å². The number of hydrogen-bond acceptors (Lipinski definition) is 5. The molecule has 2 aromatic carbocycles. The Morgan fingerprint density at radius 2 is 1.76 bits per heavy atom. The van der Waals surface area contributed by atoms with E-state index in [1.165, 1.54) is 41.3 Å². The van der Waals surface area contributed by atoms with Crippen LogP contribution in [0.2, 0.25) is 0 Å². The molecule has 1 aromatic heterocycles. The topological polar surface area (TPSA) is 67.5 Å². The fourth-order valence-corrected chi connectivity index (χ4v) is 5.03. The first-order chi connectivity index (χ1) is 16.7. The monoisotopic (exact) mass is 456 g/mol. The molecule has 2 aliphatic heterocycles. The number of hydrogen-bond donors (Lipinski definition) is 4. The molecule has 0 amide bonds. The Labute approximate surface area is 202 Å². The van der Waals surface area contributed by atoms with Gasteiger partial charge in [0.2, 0.25) is 0 Å². The van der Waals surface area contributed by atoms with E-state index in [2.05, 4.69) is 92.7 Å². The van der Waals surface area contributed by atoms with Gasteiger partial charge in [-0.25, -0.2) is 4.99 Å². The molecule has 3 heterocycles. The zero-order valence-corrected chi connectivity index (χ0v) is 20.1. The van der Waals surface area contributed by atoms with Gasteiger partial charge in [-0.2, -0.15) is 0 Å². The van der Waals surface area contributed by atoms with Gasteiger partial charge in [-0.05, 0) is 56.3 Å². The van der Waals surface area contributed by atoms with Crippen molar-refractivity contribution in [3.05, 3.63) is 83.8 Å². The second-order valence-corrected chi connectivity index (χ2v) is 9.33. The van der Waals surface area contributed by atoms with E-state index in [4.69, 9.17) is 4.99 Å². The first-order valence-electron chi connectivity index (χ1n) is 12.6. The predicted octanol–water partition coefficient (Wildman–Crippen LogP) is 4.14. The number of aromatic amines is 1. The molecular formula is C28H36N6. The number of nitrogens with one attached hydrogen (secondary N) is 4. The fourth-order valence-electron chi connectivity index (χ4n) is 5.03. The molecule has 178 valence electrons. The Bertz CT molecular complexity index is 1140. The van der Waals surface area contributed by atoms with Crippen molar-refractivity contribution in [2.24, 2.45) is 4.99 Å². The molecule has 0 saturated carbocycles. The number of aliphatic imine (C=N–C) groups is 1. The summed E-state index contributed by atoms with van der Waals surface area (Å²) >= 11 is 0. The van der Waals surface area contributed by atoms with Crippen LogP contribution < -0.4 is 16.0 Å². The Balaban J connectivity index is 1.34. The van der Waals surface area contributed by atoms with E-state index in [0.717, 1.165) is 50.6 Å². The molecule has 1 unspecified atom stereocenters. The molecule has 1 atom stereocenters. The molecule has 0 radical (unpaired) electrons. The smallest absolute Gasteiger partial charge is 0.188 e. The van der Waals surface area contributed by atoms with Crippen LogP contribution in [0.3, 0.4) is 0 Å². The Kier molecular flexibility index (Phi) is 6.86. The minimum atomic E-state index is -0.547. The zero-order chi connectivity index (χ0) is 23.2. The molecule has 0 bridgehead atoms. The lowest BCUT2D eigenvalue weighted by Gasteiger charge is -2.39. The van der Waals surface area contributed by atoms with Gasteiger partial charge in [0.25, 0.3) is 0 Å². The van der Waals surface area contributed by atoms with Crippen molar-refractivity contribution in [3.63, 3.8) is 0 Å². The molecule has 5 rings (SSSR count). The molecule has 6 nitrogen and oxygen atoms in total. The van der Waals surface area contributed by atoms with Gasteiger partial charge in [-0.1, -0.05) is 48.5 Å². The largest absolute Gasteiger partial charge is 0.371 e. The molecular weight excluding hydrogens is 420 g/mol. The number of fused-ring (bicyclic) bond motifs is 1. The number of amidine groups is 1. The number of piperidine rings is 1. The summed E-state index contributed by atoms with van der Waals surface area (Å²) in [7, 11) is 2.01. The van der Waals surface area contributed by atoms with Crippen molar-refractivity contribution >= 4 is 16.7 Å². The van der Waals surface area contributed by atoms with Gasteiger partial charge in [0.05, 0.1) is 0 Å². The van der Waals surface area contributed by atoms with Crippen molar-refractivity contribution in [3.8, 4) is 0 Å². The van der Waals surface area contributed by atoms with E-state index in [0.29, 0.717) is 0 Å². The maximum atomic E-state index is 5.25. The van der Waals surface area contributed by atoms with Gasteiger partial charge >= 0.3 is 0 Å². The molecule has 3 aromatic rings. The van der Waals surface area contributed by atoms with Gasteiger partial charge in [-0.3, -0.25) is 5.32 Å². The first-order valence-corrected chi connectivity index (χ1v) is 12.6. The quantitative estimate of drug-likeness (QED) is 0.411. The lowest BCUT2D eigenvalue weighted by molar-refractivity contribution is 0.266. The van der Waals surface area contributed by atoms with Gasteiger partial charge in [0.1, 0.15) is 11.7 Å². The van der Waals surface area contributed by atoms with E-state index in [9.17, 15) is 0 Å². The number of aromatic nitrogens is 1. The van der Waals surface area contributed by atoms with Gasteiger partial charge in [-0.15, -0.1) is 0 Å². The van der Waals surface area contributed by atoms with Crippen LogP contribution in [0.15, 0.2) is 77.7 Å². The summed E-state index contributed by atoms with van der Waals surface area (Å²) in [5.74, 6) is 1.57. The first kappa shape index (κ1) is 22.5. The van der Waals surface area contributed by atoms with Crippen molar-refractivity contribution < 1.29 is 0 Å². The number of rotatable bonds is 8. The van der Waals surface area contributed by atoms with Crippen LogP contribution in [0, 0.1) is 0 Å². The van der Waals surface area contributed by atoms with E-state index >= 15 is 0 Å². The number of aryl methyl sites for hydroxylation is 1.